The summed E-state index contributed by atoms with van der Waals surface area (Å²) in [5.41, 5.74) is 1.73. The van der Waals surface area contributed by atoms with Gasteiger partial charge in [0.15, 0.2) is 0 Å². The first kappa shape index (κ1) is 11.3. The Labute approximate surface area is 104 Å². The number of hydrogen-bond acceptors (Lipinski definition) is 4. The summed E-state index contributed by atoms with van der Waals surface area (Å²) in [6.07, 6.45) is 5.42. The van der Waals surface area contributed by atoms with E-state index in [1.54, 1.807) is 12.3 Å². The third-order valence-electron chi connectivity index (χ3n) is 3.21. The summed E-state index contributed by atoms with van der Waals surface area (Å²) >= 11 is 0. The third kappa shape index (κ3) is 2.11. The van der Waals surface area contributed by atoms with Crippen LogP contribution in [0.3, 0.4) is 0 Å². The molecule has 1 unspecified atom stereocenters. The van der Waals surface area contributed by atoms with Crippen LogP contribution in [-0.2, 0) is 0 Å². The standard InChI is InChI=1S/C12H14FN5/c13-12-4-3-9(6-15-12)11-8-16-17-18(11)10-2-1-5-14-7-10/h3-4,6,8,10,14H,1-2,5,7H2. The van der Waals surface area contributed by atoms with Crippen molar-refractivity contribution in [2.75, 3.05) is 13.1 Å². The molecule has 5 nitrogen and oxygen atoms in total. The van der Waals surface area contributed by atoms with E-state index >= 15 is 0 Å². The molecule has 6 heteroatoms. The van der Waals surface area contributed by atoms with Gasteiger partial charge in [-0.2, -0.15) is 4.39 Å². The highest BCUT2D eigenvalue weighted by Crippen LogP contribution is 2.23. The monoisotopic (exact) mass is 247 g/mol. The molecule has 0 amide bonds. The van der Waals surface area contributed by atoms with Gasteiger partial charge < -0.3 is 5.32 Å². The van der Waals surface area contributed by atoms with E-state index in [2.05, 4.69) is 20.6 Å². The topological polar surface area (TPSA) is 55.6 Å². The van der Waals surface area contributed by atoms with Crippen LogP contribution >= 0.6 is 0 Å². The van der Waals surface area contributed by atoms with Crippen molar-refractivity contribution >= 4 is 0 Å². The minimum Gasteiger partial charge on any atom is -0.315 e. The molecule has 1 aliphatic rings. The summed E-state index contributed by atoms with van der Waals surface area (Å²) in [7, 11) is 0. The highest BCUT2D eigenvalue weighted by Gasteiger charge is 2.19. The summed E-state index contributed by atoms with van der Waals surface area (Å²) in [5.74, 6) is -0.475. The number of nitrogens with zero attached hydrogens (tertiary/aromatic N) is 4. The Hall–Kier alpha value is -1.82. The number of piperidine rings is 1. The van der Waals surface area contributed by atoms with Crippen LogP contribution in [-0.4, -0.2) is 33.1 Å². The Bertz CT molecular complexity index is 516. The van der Waals surface area contributed by atoms with Crippen molar-refractivity contribution in [1.29, 1.82) is 0 Å². The van der Waals surface area contributed by atoms with E-state index < -0.39 is 5.95 Å². The molecule has 0 aromatic carbocycles. The molecule has 18 heavy (non-hydrogen) atoms. The zero-order valence-electron chi connectivity index (χ0n) is 9.88. The predicted molar refractivity (Wildman–Crippen MR) is 64.4 cm³/mol. The lowest BCUT2D eigenvalue weighted by molar-refractivity contribution is 0.344. The van der Waals surface area contributed by atoms with Crippen LogP contribution in [0.2, 0.25) is 0 Å². The molecule has 3 heterocycles. The summed E-state index contributed by atoms with van der Waals surface area (Å²) in [5, 5.41) is 11.5. The maximum atomic E-state index is 12.8. The SMILES string of the molecule is Fc1ccc(-c2cnnn2C2CCCNC2)cn1. The van der Waals surface area contributed by atoms with Crippen LogP contribution in [0.1, 0.15) is 18.9 Å². The molecule has 2 aromatic rings. The molecule has 0 saturated carbocycles. The van der Waals surface area contributed by atoms with E-state index in [1.165, 1.54) is 12.3 Å². The highest BCUT2D eigenvalue weighted by atomic mass is 19.1. The van der Waals surface area contributed by atoms with Gasteiger partial charge in [-0.25, -0.2) is 9.67 Å². The normalized spacial score (nSPS) is 19.9. The van der Waals surface area contributed by atoms with Gasteiger partial charge >= 0.3 is 0 Å². The average Bonchev–Trinajstić information content (AvgIpc) is 2.90. The molecule has 0 spiro atoms. The second-order valence-electron chi connectivity index (χ2n) is 4.43. The van der Waals surface area contributed by atoms with E-state index in [0.717, 1.165) is 37.2 Å². The zero-order valence-corrected chi connectivity index (χ0v) is 9.88. The minimum atomic E-state index is -0.475. The van der Waals surface area contributed by atoms with E-state index in [1.807, 2.05) is 4.68 Å². The lowest BCUT2D eigenvalue weighted by Gasteiger charge is -2.24. The van der Waals surface area contributed by atoms with Crippen LogP contribution in [0.5, 0.6) is 0 Å². The number of nitrogens with one attached hydrogen (secondary N) is 1. The van der Waals surface area contributed by atoms with E-state index in [4.69, 9.17) is 0 Å². The first-order valence-corrected chi connectivity index (χ1v) is 6.07. The molecular weight excluding hydrogens is 233 g/mol. The number of aromatic nitrogens is 4. The number of rotatable bonds is 2. The summed E-state index contributed by atoms with van der Waals surface area (Å²) in [6, 6.07) is 3.36. The number of pyridine rings is 1. The Kier molecular flexibility index (Phi) is 3.02. The Balaban J connectivity index is 1.93. The second-order valence-corrected chi connectivity index (χ2v) is 4.43. The van der Waals surface area contributed by atoms with E-state index in [-0.39, 0.29) is 0 Å². The molecule has 0 aliphatic carbocycles. The van der Waals surface area contributed by atoms with Gasteiger partial charge in [0.05, 0.1) is 17.9 Å². The van der Waals surface area contributed by atoms with Crippen molar-refractivity contribution in [1.82, 2.24) is 25.3 Å². The molecule has 0 bridgehead atoms. The van der Waals surface area contributed by atoms with Crippen molar-refractivity contribution < 1.29 is 4.39 Å². The lowest BCUT2D eigenvalue weighted by Crippen LogP contribution is -2.32. The predicted octanol–water partition coefficient (Wildman–Crippen LogP) is 1.40. The molecule has 1 saturated heterocycles. The van der Waals surface area contributed by atoms with Crippen LogP contribution in [0.15, 0.2) is 24.5 Å². The van der Waals surface area contributed by atoms with E-state index in [9.17, 15) is 4.39 Å². The van der Waals surface area contributed by atoms with Gasteiger partial charge in [-0.3, -0.25) is 0 Å². The number of hydrogen-bond donors (Lipinski definition) is 1. The van der Waals surface area contributed by atoms with Gasteiger partial charge in [0.1, 0.15) is 0 Å². The van der Waals surface area contributed by atoms with Gasteiger partial charge in [-0.1, -0.05) is 5.21 Å². The molecule has 1 fully saturated rings. The van der Waals surface area contributed by atoms with Crippen molar-refractivity contribution in [3.05, 3.63) is 30.5 Å². The van der Waals surface area contributed by atoms with Crippen LogP contribution < -0.4 is 5.32 Å². The Morgan fingerprint density at radius 3 is 3.00 bits per heavy atom. The van der Waals surface area contributed by atoms with Gasteiger partial charge in [0, 0.05) is 18.3 Å². The van der Waals surface area contributed by atoms with Gasteiger partial charge in [0.25, 0.3) is 0 Å². The average molecular weight is 247 g/mol. The van der Waals surface area contributed by atoms with Crippen LogP contribution in [0.25, 0.3) is 11.3 Å². The Morgan fingerprint density at radius 1 is 1.33 bits per heavy atom. The fourth-order valence-electron chi connectivity index (χ4n) is 2.29. The fourth-order valence-corrected chi connectivity index (χ4v) is 2.29. The zero-order chi connectivity index (χ0) is 12.4. The highest BCUT2D eigenvalue weighted by molar-refractivity contribution is 5.56. The molecule has 94 valence electrons. The number of halogens is 1. The Morgan fingerprint density at radius 2 is 2.28 bits per heavy atom. The molecule has 1 N–H and O–H groups in total. The maximum absolute atomic E-state index is 12.8. The fraction of sp³-hybridized carbons (Fsp3) is 0.417. The first-order chi connectivity index (χ1) is 8.84. The molecular formula is C12H14FN5. The van der Waals surface area contributed by atoms with Crippen LogP contribution in [0, 0.1) is 5.95 Å². The summed E-state index contributed by atoms with van der Waals surface area (Å²) in [6.45, 7) is 1.95. The molecule has 1 atom stereocenters. The minimum absolute atomic E-state index is 0.307. The van der Waals surface area contributed by atoms with Crippen molar-refractivity contribution in [3.8, 4) is 11.3 Å². The molecule has 0 radical (unpaired) electrons. The largest absolute Gasteiger partial charge is 0.315 e. The smallest absolute Gasteiger partial charge is 0.212 e. The molecule has 1 aliphatic heterocycles. The third-order valence-corrected chi connectivity index (χ3v) is 3.21. The maximum Gasteiger partial charge on any atom is 0.212 e. The van der Waals surface area contributed by atoms with E-state index in [0.29, 0.717) is 6.04 Å². The van der Waals surface area contributed by atoms with Crippen molar-refractivity contribution in [2.24, 2.45) is 0 Å². The second kappa shape index (κ2) is 4.81. The summed E-state index contributed by atoms with van der Waals surface area (Å²) < 4.78 is 14.7. The van der Waals surface area contributed by atoms with Gasteiger partial charge in [0.2, 0.25) is 5.95 Å². The lowest BCUT2D eigenvalue weighted by atomic mass is 10.1. The summed E-state index contributed by atoms with van der Waals surface area (Å²) in [4.78, 5) is 3.67. The van der Waals surface area contributed by atoms with Crippen molar-refractivity contribution in [2.45, 2.75) is 18.9 Å². The van der Waals surface area contributed by atoms with Gasteiger partial charge in [-0.15, -0.1) is 5.10 Å². The molecule has 3 rings (SSSR count). The quantitative estimate of drug-likeness (QED) is 0.815. The molecule has 2 aromatic heterocycles. The first-order valence-electron chi connectivity index (χ1n) is 6.07. The van der Waals surface area contributed by atoms with Crippen molar-refractivity contribution in [3.63, 3.8) is 0 Å². The van der Waals surface area contributed by atoms with Crippen LogP contribution in [0.4, 0.5) is 4.39 Å². The van der Waals surface area contributed by atoms with Gasteiger partial charge in [-0.05, 0) is 31.5 Å².